The van der Waals surface area contributed by atoms with Crippen LogP contribution < -0.4 is 0 Å². The van der Waals surface area contributed by atoms with Crippen molar-refractivity contribution in [3.05, 3.63) is 71.8 Å². The first-order valence-corrected chi connectivity index (χ1v) is 7.59. The maximum absolute atomic E-state index is 11.6. The van der Waals surface area contributed by atoms with Crippen LogP contribution in [0.2, 0.25) is 0 Å². The average Bonchev–Trinajstić information content (AvgIpc) is 2.49. The molecule has 0 aliphatic heterocycles. The number of hydrogen-bond acceptors (Lipinski definition) is 4. The number of benzene rings is 2. The molecule has 0 bridgehead atoms. The van der Waals surface area contributed by atoms with Crippen molar-refractivity contribution in [3.63, 3.8) is 0 Å². The van der Waals surface area contributed by atoms with Gasteiger partial charge < -0.3 is 0 Å². The second-order valence-corrected chi connectivity index (χ2v) is 5.03. The van der Waals surface area contributed by atoms with Gasteiger partial charge in [-0.25, -0.2) is 0 Å². The molecular formula is C14H10O4Sb. The molecule has 0 unspecified atom stereocenters. The van der Waals surface area contributed by atoms with Gasteiger partial charge in [0.05, 0.1) is 0 Å². The van der Waals surface area contributed by atoms with Crippen molar-refractivity contribution in [1.82, 2.24) is 0 Å². The fraction of sp³-hybridized carbons (Fsp3) is 0. The molecule has 0 saturated heterocycles. The molecule has 5 heteroatoms. The van der Waals surface area contributed by atoms with Crippen LogP contribution in [0.15, 0.2) is 60.7 Å². The Morgan fingerprint density at radius 1 is 0.684 bits per heavy atom. The summed E-state index contributed by atoms with van der Waals surface area (Å²) in [6.07, 6.45) is 0. The van der Waals surface area contributed by atoms with Gasteiger partial charge in [0.1, 0.15) is 0 Å². The first-order chi connectivity index (χ1) is 9.27. The van der Waals surface area contributed by atoms with Crippen molar-refractivity contribution in [1.29, 1.82) is 0 Å². The summed E-state index contributed by atoms with van der Waals surface area (Å²) in [5, 5.41) is 0. The van der Waals surface area contributed by atoms with Crippen LogP contribution in [0, 0.1) is 0 Å². The maximum atomic E-state index is 11.6. The van der Waals surface area contributed by atoms with E-state index in [1.807, 2.05) is 12.1 Å². The van der Waals surface area contributed by atoms with E-state index in [0.717, 1.165) is 0 Å². The van der Waals surface area contributed by atoms with E-state index in [-0.39, 0.29) is 0 Å². The third kappa shape index (κ3) is 4.11. The molecule has 19 heavy (non-hydrogen) atoms. The number of rotatable bonds is 4. The van der Waals surface area contributed by atoms with Gasteiger partial charge in [0.15, 0.2) is 0 Å². The van der Waals surface area contributed by atoms with Crippen LogP contribution in [0.25, 0.3) is 0 Å². The SMILES string of the molecule is O=C([O][Sb][O]C(=O)c1ccccc1)c1ccccc1. The summed E-state index contributed by atoms with van der Waals surface area (Å²) in [5.74, 6) is -0.920. The van der Waals surface area contributed by atoms with Crippen molar-refractivity contribution >= 4 is 34.4 Å². The Bertz CT molecular complexity index is 503. The van der Waals surface area contributed by atoms with Gasteiger partial charge in [0.2, 0.25) is 0 Å². The molecule has 0 saturated carbocycles. The van der Waals surface area contributed by atoms with Gasteiger partial charge in [-0.15, -0.1) is 0 Å². The first-order valence-electron chi connectivity index (χ1n) is 5.50. The molecule has 0 N–H and O–H groups in total. The van der Waals surface area contributed by atoms with Gasteiger partial charge in [0.25, 0.3) is 0 Å². The van der Waals surface area contributed by atoms with Gasteiger partial charge in [-0.3, -0.25) is 0 Å². The molecular weight excluding hydrogens is 354 g/mol. The molecule has 4 nitrogen and oxygen atoms in total. The van der Waals surface area contributed by atoms with Crippen molar-refractivity contribution in [2.45, 2.75) is 0 Å². The van der Waals surface area contributed by atoms with E-state index >= 15 is 0 Å². The van der Waals surface area contributed by atoms with Crippen molar-refractivity contribution in [2.24, 2.45) is 0 Å². The van der Waals surface area contributed by atoms with Crippen LogP contribution in [-0.4, -0.2) is 34.4 Å². The third-order valence-electron chi connectivity index (χ3n) is 2.26. The summed E-state index contributed by atoms with van der Waals surface area (Å²) >= 11 is -1.77. The Balaban J connectivity index is 1.81. The Hall–Kier alpha value is -1.80. The number of hydrogen-bond donors (Lipinski definition) is 0. The number of carbonyl (C=O) groups is 2. The molecule has 0 heterocycles. The Morgan fingerprint density at radius 2 is 1.05 bits per heavy atom. The second-order valence-electron chi connectivity index (χ2n) is 3.56. The van der Waals surface area contributed by atoms with Crippen LogP contribution in [0.5, 0.6) is 0 Å². The van der Waals surface area contributed by atoms with Gasteiger partial charge in [-0.05, 0) is 0 Å². The second kappa shape index (κ2) is 6.95. The third-order valence-corrected chi connectivity index (χ3v) is 3.63. The predicted molar refractivity (Wildman–Crippen MR) is 69.5 cm³/mol. The molecule has 0 fully saturated rings. The van der Waals surface area contributed by atoms with E-state index in [0.29, 0.717) is 11.1 Å². The molecule has 1 radical (unpaired) electrons. The van der Waals surface area contributed by atoms with E-state index in [1.165, 1.54) is 0 Å². The van der Waals surface area contributed by atoms with Crippen molar-refractivity contribution in [2.75, 3.05) is 0 Å². The summed E-state index contributed by atoms with van der Waals surface area (Å²) in [6, 6.07) is 17.2. The fourth-order valence-electron chi connectivity index (χ4n) is 1.34. The zero-order valence-electron chi connectivity index (χ0n) is 9.85. The predicted octanol–water partition coefficient (Wildman–Crippen LogP) is 2.23. The van der Waals surface area contributed by atoms with E-state index < -0.39 is 34.4 Å². The monoisotopic (exact) mass is 363 g/mol. The molecule has 0 spiro atoms. The first kappa shape index (κ1) is 13.6. The summed E-state index contributed by atoms with van der Waals surface area (Å²) in [7, 11) is 0. The molecule has 2 aromatic rings. The topological polar surface area (TPSA) is 52.6 Å². The van der Waals surface area contributed by atoms with Gasteiger partial charge >= 0.3 is 122 Å². The Labute approximate surface area is 122 Å². The molecule has 2 aromatic carbocycles. The average molecular weight is 364 g/mol. The zero-order chi connectivity index (χ0) is 13.5. The molecule has 2 rings (SSSR count). The van der Waals surface area contributed by atoms with Gasteiger partial charge in [-0.1, -0.05) is 0 Å². The fourth-order valence-corrected chi connectivity index (χ4v) is 2.43. The van der Waals surface area contributed by atoms with E-state index in [9.17, 15) is 9.59 Å². The van der Waals surface area contributed by atoms with Crippen LogP contribution in [0.4, 0.5) is 0 Å². The van der Waals surface area contributed by atoms with Crippen LogP contribution in [-0.2, 0) is 6.03 Å². The molecule has 0 aromatic heterocycles. The zero-order valence-corrected chi connectivity index (χ0v) is 12.4. The molecule has 0 aliphatic carbocycles. The Kier molecular flexibility index (Phi) is 4.99. The normalized spacial score (nSPS) is 9.68. The molecule has 0 aliphatic rings. The van der Waals surface area contributed by atoms with E-state index in [1.54, 1.807) is 48.5 Å². The van der Waals surface area contributed by atoms with Crippen LogP contribution in [0.1, 0.15) is 20.7 Å². The van der Waals surface area contributed by atoms with Crippen molar-refractivity contribution < 1.29 is 15.6 Å². The standard InChI is InChI=1S/2C7H6O2.Sb/c2*8-7(9)6-4-2-1-3-5-6;/h2*1-5H,(H,8,9);/q;;+2/p-2. The van der Waals surface area contributed by atoms with E-state index in [4.69, 9.17) is 6.03 Å². The van der Waals surface area contributed by atoms with Gasteiger partial charge in [0, 0.05) is 0 Å². The minimum absolute atomic E-state index is 0.453. The minimum atomic E-state index is -1.77. The van der Waals surface area contributed by atoms with Crippen LogP contribution >= 0.6 is 0 Å². The van der Waals surface area contributed by atoms with Gasteiger partial charge in [-0.2, -0.15) is 0 Å². The summed E-state index contributed by atoms with van der Waals surface area (Å²) in [6.45, 7) is 0. The molecule has 0 amide bonds. The molecule has 95 valence electrons. The summed E-state index contributed by atoms with van der Waals surface area (Å²) < 4.78 is 9.98. The van der Waals surface area contributed by atoms with Crippen LogP contribution in [0.3, 0.4) is 0 Å². The van der Waals surface area contributed by atoms with E-state index in [2.05, 4.69) is 0 Å². The van der Waals surface area contributed by atoms with Crippen molar-refractivity contribution in [3.8, 4) is 0 Å². The Morgan fingerprint density at radius 3 is 1.42 bits per heavy atom. The summed E-state index contributed by atoms with van der Waals surface area (Å²) in [5.41, 5.74) is 0.905. The number of carbonyl (C=O) groups excluding carboxylic acids is 2. The quantitative estimate of drug-likeness (QED) is 0.782. The summed E-state index contributed by atoms with van der Waals surface area (Å²) in [4.78, 5) is 23.2. The molecule has 0 atom stereocenters.